The smallest absolute Gasteiger partial charge is 0 e. The van der Waals surface area contributed by atoms with Gasteiger partial charge in [0.2, 0.25) is 0 Å². The van der Waals surface area contributed by atoms with Gasteiger partial charge in [0.15, 0.2) is 0 Å². The molecule has 0 saturated heterocycles. The summed E-state index contributed by atoms with van der Waals surface area (Å²) in [6.45, 7) is 0. The number of hydrogen-bond acceptors (Lipinski definition) is 0. The minimum atomic E-state index is 0. The van der Waals surface area contributed by atoms with Crippen LogP contribution in [0.15, 0.2) is 0 Å². The first kappa shape index (κ1) is 38.2. The van der Waals surface area contributed by atoms with Crippen molar-refractivity contribution in [3.63, 3.8) is 0 Å². The molecule has 0 spiro atoms. The van der Waals surface area contributed by atoms with Crippen LogP contribution in [0.3, 0.4) is 0 Å². The van der Waals surface area contributed by atoms with E-state index in [2.05, 4.69) is 0 Å². The fourth-order valence-electron chi connectivity index (χ4n) is 0. The summed E-state index contributed by atoms with van der Waals surface area (Å²) in [6.07, 6.45) is 0. The van der Waals surface area contributed by atoms with Crippen molar-refractivity contribution >= 4 is 0 Å². The third-order valence-electron chi connectivity index (χ3n) is 0. The monoisotopic (exact) mass is 460 g/mol. The van der Waals surface area contributed by atoms with E-state index in [9.17, 15) is 0 Å². The molecule has 0 unspecified atom stereocenters. The molecule has 0 atom stereocenters. The molecule has 0 fully saturated rings. The molecule has 4 heteroatoms. The van der Waals surface area contributed by atoms with Crippen LogP contribution in [0.1, 0.15) is 0 Å². The van der Waals surface area contributed by atoms with E-state index in [1.165, 1.54) is 0 Å². The minimum Gasteiger partial charge on any atom is -1.00 e. The van der Waals surface area contributed by atoms with E-state index in [1.807, 2.05) is 0 Å². The molecular weight excluding hydrogens is 461 g/mol. The Morgan fingerprint density at radius 1 is 0.500 bits per heavy atom. The van der Waals surface area contributed by atoms with Crippen molar-refractivity contribution in [2.75, 3.05) is 0 Å². The maximum Gasteiger partial charge on any atom is 0 e. The predicted octanol–water partition coefficient (Wildman–Crippen LogP) is -6.00. The number of rotatable bonds is 0. The summed E-state index contributed by atoms with van der Waals surface area (Å²) >= 11 is 0. The second-order valence-corrected chi connectivity index (χ2v) is 0. The van der Waals surface area contributed by atoms with Gasteiger partial charge in [-0.2, -0.15) is 0 Å². The van der Waals surface area contributed by atoms with Crippen LogP contribution >= 0.6 is 0 Å². The first-order valence-corrected chi connectivity index (χ1v) is 0. The van der Waals surface area contributed by atoms with Gasteiger partial charge in [-0.05, 0) is 0 Å². The van der Waals surface area contributed by atoms with Crippen LogP contribution in [0.25, 0.3) is 0 Å². The third-order valence-corrected chi connectivity index (χ3v) is 0. The molecule has 0 radical (unpaired) electrons. The summed E-state index contributed by atoms with van der Waals surface area (Å²) in [5.74, 6) is 0. The Morgan fingerprint density at radius 2 is 0.500 bits per heavy atom. The molecule has 0 aliphatic carbocycles. The van der Waals surface area contributed by atoms with E-state index in [0.29, 0.717) is 0 Å². The number of hydrogen-bond donors (Lipinski definition) is 0. The Balaban J connectivity index is 0. The van der Waals surface area contributed by atoms with Crippen LogP contribution in [0.2, 0.25) is 0 Å². The maximum atomic E-state index is 0. The van der Waals surface area contributed by atoms with Gasteiger partial charge in [0.25, 0.3) is 0 Å². The zero-order valence-electron chi connectivity index (χ0n) is 1.39. The van der Waals surface area contributed by atoms with Crippen LogP contribution in [0, 0.1) is 0 Å². The molecule has 0 saturated carbocycles. The molecule has 4 heavy (non-hydrogen) atoms. The fourth-order valence-corrected chi connectivity index (χ4v) is 0. The average molecular weight is 461 g/mol. The maximum absolute atomic E-state index is 0. The van der Waals surface area contributed by atoms with Crippen molar-refractivity contribution in [2.45, 2.75) is 0 Å². The predicted molar refractivity (Wildman–Crippen MR) is 0 cm³/mol. The molecule has 0 N–H and O–H groups in total. The fraction of sp³-hybridized carbons (Fsp3) is 0. The second kappa shape index (κ2) is 20.3. The molecule has 0 rings (SSSR count). The summed E-state index contributed by atoms with van der Waals surface area (Å²) in [6, 6.07) is 0. The Hall–Kier alpha value is 1.96. The quantitative estimate of drug-likeness (QED) is 0.338. The van der Waals surface area contributed by atoms with Gasteiger partial charge in [-0.25, -0.2) is 0 Å². The number of halogens is 2. The molecule has 36 valence electrons. The SMILES string of the molecule is [Cl-].[Cl-].[Pt].[Pt]. The molecule has 0 nitrogen and oxygen atoms in total. The zero-order valence-corrected chi connectivity index (χ0v) is 7.44. The van der Waals surface area contributed by atoms with E-state index in [4.69, 9.17) is 0 Å². The van der Waals surface area contributed by atoms with Gasteiger partial charge in [0.05, 0.1) is 0 Å². The molecule has 0 bridgehead atoms. The molecular formula is Cl2Pt2-2. The average Bonchev–Trinajstić information content (AvgIpc) is 0. The van der Waals surface area contributed by atoms with Crippen molar-refractivity contribution in [1.29, 1.82) is 0 Å². The molecule has 0 aromatic heterocycles. The van der Waals surface area contributed by atoms with E-state index in [-0.39, 0.29) is 66.9 Å². The molecule has 0 aliphatic heterocycles. The van der Waals surface area contributed by atoms with Gasteiger partial charge < -0.3 is 24.8 Å². The molecule has 0 heterocycles. The Labute approximate surface area is 66.5 Å². The Morgan fingerprint density at radius 3 is 0.500 bits per heavy atom. The van der Waals surface area contributed by atoms with Crippen molar-refractivity contribution in [3.05, 3.63) is 0 Å². The van der Waals surface area contributed by atoms with Gasteiger partial charge in [0.1, 0.15) is 0 Å². The molecule has 0 amide bonds. The van der Waals surface area contributed by atoms with Crippen molar-refractivity contribution in [1.82, 2.24) is 0 Å². The van der Waals surface area contributed by atoms with E-state index < -0.39 is 0 Å². The minimum absolute atomic E-state index is 0. The van der Waals surface area contributed by atoms with Gasteiger partial charge in [-0.3, -0.25) is 0 Å². The largest absolute Gasteiger partial charge is 1.00 e. The van der Waals surface area contributed by atoms with Crippen molar-refractivity contribution < 1.29 is 66.9 Å². The van der Waals surface area contributed by atoms with Gasteiger partial charge >= 0.3 is 0 Å². The summed E-state index contributed by atoms with van der Waals surface area (Å²) in [7, 11) is 0. The third kappa shape index (κ3) is 9.03. The first-order chi connectivity index (χ1) is 0. The van der Waals surface area contributed by atoms with Crippen LogP contribution in [-0.2, 0) is 42.1 Å². The molecule has 0 aromatic rings. The molecule has 0 aromatic carbocycles. The van der Waals surface area contributed by atoms with Crippen LogP contribution < -0.4 is 24.8 Å². The van der Waals surface area contributed by atoms with E-state index >= 15 is 0 Å². The van der Waals surface area contributed by atoms with Gasteiger partial charge in [-0.15, -0.1) is 0 Å². The van der Waals surface area contributed by atoms with Crippen LogP contribution in [0.5, 0.6) is 0 Å². The normalized spacial score (nSPS) is 0. The van der Waals surface area contributed by atoms with E-state index in [1.54, 1.807) is 0 Å². The topological polar surface area (TPSA) is 0 Å². The van der Waals surface area contributed by atoms with Crippen LogP contribution in [0.4, 0.5) is 0 Å². The van der Waals surface area contributed by atoms with Gasteiger partial charge in [0, 0.05) is 42.1 Å². The summed E-state index contributed by atoms with van der Waals surface area (Å²) in [5, 5.41) is 0. The standard InChI is InChI=1S/2ClH.2Pt/h2*1H;;/p-2. The Kier molecular flexibility index (Phi) is 194. The van der Waals surface area contributed by atoms with E-state index in [0.717, 1.165) is 0 Å². The summed E-state index contributed by atoms with van der Waals surface area (Å²) in [4.78, 5) is 0. The van der Waals surface area contributed by atoms with Crippen molar-refractivity contribution in [3.8, 4) is 0 Å². The van der Waals surface area contributed by atoms with Gasteiger partial charge in [-0.1, -0.05) is 0 Å². The summed E-state index contributed by atoms with van der Waals surface area (Å²) < 4.78 is 0. The Bertz CT molecular complexity index is 4.00. The van der Waals surface area contributed by atoms with Crippen molar-refractivity contribution in [2.24, 2.45) is 0 Å². The zero-order chi connectivity index (χ0) is 0. The summed E-state index contributed by atoms with van der Waals surface area (Å²) in [5.41, 5.74) is 0. The van der Waals surface area contributed by atoms with Crippen LogP contribution in [-0.4, -0.2) is 0 Å². The molecule has 0 aliphatic rings. The first-order valence-electron chi connectivity index (χ1n) is 0. The second-order valence-electron chi connectivity index (χ2n) is 0.